The second-order valence-electron chi connectivity index (χ2n) is 4.85. The average molecular weight is 313 g/mol. The summed E-state index contributed by atoms with van der Waals surface area (Å²) in [5.74, 6) is 0.722. The Morgan fingerprint density at radius 1 is 1.18 bits per heavy atom. The Morgan fingerprint density at radius 3 is 2.73 bits per heavy atom. The second-order valence-corrected chi connectivity index (χ2v) is 5.29. The molecular weight excluding hydrogens is 300 g/mol. The molecule has 0 unspecified atom stereocenters. The molecular formula is C17H13ClN2O2. The number of ketones is 1. The maximum absolute atomic E-state index is 12.0. The van der Waals surface area contributed by atoms with E-state index in [1.165, 1.54) is 0 Å². The Hall–Kier alpha value is -2.46. The minimum Gasteiger partial charge on any atom is -0.361 e. The molecule has 2 heterocycles. The molecule has 22 heavy (non-hydrogen) atoms. The number of benzene rings is 1. The van der Waals surface area contributed by atoms with Gasteiger partial charge in [-0.25, -0.2) is 0 Å². The molecule has 0 radical (unpaired) electrons. The van der Waals surface area contributed by atoms with Gasteiger partial charge >= 0.3 is 0 Å². The van der Waals surface area contributed by atoms with Crippen molar-refractivity contribution in [2.45, 2.75) is 12.8 Å². The monoisotopic (exact) mass is 312 g/mol. The lowest BCUT2D eigenvalue weighted by atomic mass is 10.1. The molecule has 0 amide bonds. The zero-order valence-electron chi connectivity index (χ0n) is 11.7. The number of aromatic nitrogens is 2. The molecule has 2 aromatic heterocycles. The Kier molecular flexibility index (Phi) is 4.30. The summed E-state index contributed by atoms with van der Waals surface area (Å²) in [6.07, 6.45) is 4.09. The van der Waals surface area contributed by atoms with Crippen LogP contribution in [-0.2, 0) is 6.42 Å². The van der Waals surface area contributed by atoms with Crippen molar-refractivity contribution in [2.75, 3.05) is 0 Å². The highest BCUT2D eigenvalue weighted by molar-refractivity contribution is 6.30. The third-order valence-corrected chi connectivity index (χ3v) is 3.53. The van der Waals surface area contributed by atoms with Gasteiger partial charge in [0, 0.05) is 47.5 Å². The van der Waals surface area contributed by atoms with Gasteiger partial charge in [-0.15, -0.1) is 0 Å². The fourth-order valence-corrected chi connectivity index (χ4v) is 2.22. The molecule has 0 aliphatic heterocycles. The van der Waals surface area contributed by atoms with Crippen LogP contribution >= 0.6 is 11.6 Å². The van der Waals surface area contributed by atoms with Gasteiger partial charge in [0.05, 0.1) is 0 Å². The summed E-state index contributed by atoms with van der Waals surface area (Å²) in [7, 11) is 0. The fourth-order valence-electron chi connectivity index (χ4n) is 2.10. The molecule has 0 atom stereocenters. The fraction of sp³-hybridized carbons (Fsp3) is 0.118. The first kappa shape index (κ1) is 14.5. The molecule has 1 aromatic carbocycles. The average Bonchev–Trinajstić information content (AvgIpc) is 3.03. The number of pyridine rings is 1. The molecule has 5 heteroatoms. The lowest BCUT2D eigenvalue weighted by Crippen LogP contribution is -2.00. The Labute approximate surface area is 132 Å². The number of nitrogens with zero attached hydrogens (tertiary/aromatic N) is 2. The zero-order chi connectivity index (χ0) is 15.4. The predicted molar refractivity (Wildman–Crippen MR) is 83.8 cm³/mol. The lowest BCUT2D eigenvalue weighted by molar-refractivity contribution is 0.0980. The van der Waals surface area contributed by atoms with Gasteiger partial charge in [0.25, 0.3) is 0 Å². The number of hydrogen-bond acceptors (Lipinski definition) is 4. The van der Waals surface area contributed by atoms with E-state index in [1.54, 1.807) is 36.7 Å². The van der Waals surface area contributed by atoms with Crippen molar-refractivity contribution in [3.63, 3.8) is 0 Å². The highest BCUT2D eigenvalue weighted by Gasteiger charge is 2.10. The van der Waals surface area contributed by atoms with Crippen LogP contribution in [0.5, 0.6) is 0 Å². The van der Waals surface area contributed by atoms with E-state index < -0.39 is 0 Å². The number of halogens is 1. The van der Waals surface area contributed by atoms with E-state index in [4.69, 9.17) is 16.1 Å². The molecule has 0 fully saturated rings. The standard InChI is InChI=1S/C17H13ClN2O2/c18-14-5-3-12(4-6-14)16-10-15(22-20-16)7-8-17(21)13-2-1-9-19-11-13/h1-6,9-11H,7-8H2. The van der Waals surface area contributed by atoms with E-state index >= 15 is 0 Å². The third kappa shape index (κ3) is 3.40. The molecule has 3 aromatic rings. The van der Waals surface area contributed by atoms with Crippen LogP contribution in [0.4, 0.5) is 0 Å². The maximum Gasteiger partial charge on any atom is 0.164 e. The number of rotatable bonds is 5. The van der Waals surface area contributed by atoms with E-state index in [-0.39, 0.29) is 5.78 Å². The number of Topliss-reactive ketones (excluding diaryl/α,β-unsaturated/α-hetero) is 1. The van der Waals surface area contributed by atoms with Crippen molar-refractivity contribution in [1.29, 1.82) is 0 Å². The molecule has 0 bridgehead atoms. The predicted octanol–water partition coefficient (Wildman–Crippen LogP) is 4.21. The van der Waals surface area contributed by atoms with Crippen molar-refractivity contribution in [2.24, 2.45) is 0 Å². The first-order valence-corrected chi connectivity index (χ1v) is 7.25. The maximum atomic E-state index is 12.0. The minimum atomic E-state index is 0.0394. The topological polar surface area (TPSA) is 56.0 Å². The van der Waals surface area contributed by atoms with Gasteiger partial charge in [-0.05, 0) is 24.3 Å². The third-order valence-electron chi connectivity index (χ3n) is 3.28. The summed E-state index contributed by atoms with van der Waals surface area (Å²) < 4.78 is 5.28. The van der Waals surface area contributed by atoms with Gasteiger partial charge in [-0.1, -0.05) is 28.9 Å². The molecule has 0 saturated carbocycles. The normalized spacial score (nSPS) is 10.6. The summed E-state index contributed by atoms with van der Waals surface area (Å²) >= 11 is 5.86. The summed E-state index contributed by atoms with van der Waals surface area (Å²) in [5, 5.41) is 4.70. The van der Waals surface area contributed by atoms with E-state index in [2.05, 4.69) is 10.1 Å². The van der Waals surface area contributed by atoms with Gasteiger partial charge in [-0.2, -0.15) is 0 Å². The van der Waals surface area contributed by atoms with Crippen LogP contribution < -0.4 is 0 Å². The Morgan fingerprint density at radius 2 is 2.00 bits per heavy atom. The van der Waals surface area contributed by atoms with Gasteiger partial charge in [0.15, 0.2) is 5.78 Å². The van der Waals surface area contributed by atoms with Crippen LogP contribution in [0.15, 0.2) is 59.4 Å². The molecule has 0 aliphatic carbocycles. The largest absolute Gasteiger partial charge is 0.361 e. The smallest absolute Gasteiger partial charge is 0.164 e. The SMILES string of the molecule is O=C(CCc1cc(-c2ccc(Cl)cc2)no1)c1cccnc1. The number of hydrogen-bond donors (Lipinski definition) is 0. The Balaban J connectivity index is 1.65. The first-order chi connectivity index (χ1) is 10.7. The first-order valence-electron chi connectivity index (χ1n) is 6.87. The molecule has 0 saturated heterocycles. The van der Waals surface area contributed by atoms with Gasteiger partial charge in [0.2, 0.25) is 0 Å². The summed E-state index contributed by atoms with van der Waals surface area (Å²) in [5.41, 5.74) is 2.28. The molecule has 0 spiro atoms. The molecule has 0 N–H and O–H groups in total. The van der Waals surface area contributed by atoms with Gasteiger partial charge in [0.1, 0.15) is 11.5 Å². The van der Waals surface area contributed by atoms with Crippen LogP contribution in [0.25, 0.3) is 11.3 Å². The van der Waals surface area contributed by atoms with E-state index in [1.807, 2.05) is 18.2 Å². The quantitative estimate of drug-likeness (QED) is 0.662. The van der Waals surface area contributed by atoms with Crippen LogP contribution in [0, 0.1) is 0 Å². The van der Waals surface area contributed by atoms with Crippen molar-refractivity contribution in [3.8, 4) is 11.3 Å². The molecule has 0 aliphatic rings. The Bertz CT molecular complexity index is 767. The second kappa shape index (κ2) is 6.54. The molecule has 110 valence electrons. The summed E-state index contributed by atoms with van der Waals surface area (Å²) in [4.78, 5) is 16.0. The highest BCUT2D eigenvalue weighted by atomic mass is 35.5. The van der Waals surface area contributed by atoms with E-state index in [0.29, 0.717) is 29.2 Å². The van der Waals surface area contributed by atoms with Crippen molar-refractivity contribution in [3.05, 3.63) is 71.2 Å². The summed E-state index contributed by atoms with van der Waals surface area (Å²) in [6, 6.07) is 12.7. The summed E-state index contributed by atoms with van der Waals surface area (Å²) in [6.45, 7) is 0. The highest BCUT2D eigenvalue weighted by Crippen LogP contribution is 2.22. The molecule has 4 nitrogen and oxygen atoms in total. The lowest BCUT2D eigenvalue weighted by Gasteiger charge is -1.97. The number of aryl methyl sites for hydroxylation is 1. The minimum absolute atomic E-state index is 0.0394. The number of carbonyl (C=O) groups excluding carboxylic acids is 1. The van der Waals surface area contributed by atoms with Crippen molar-refractivity contribution >= 4 is 17.4 Å². The van der Waals surface area contributed by atoms with Gasteiger partial charge in [-0.3, -0.25) is 9.78 Å². The van der Waals surface area contributed by atoms with Gasteiger partial charge < -0.3 is 4.52 Å². The number of carbonyl (C=O) groups is 1. The van der Waals surface area contributed by atoms with E-state index in [0.717, 1.165) is 11.3 Å². The van der Waals surface area contributed by atoms with Crippen LogP contribution in [0.2, 0.25) is 5.02 Å². The van der Waals surface area contributed by atoms with Crippen molar-refractivity contribution in [1.82, 2.24) is 10.1 Å². The molecule has 3 rings (SSSR count). The zero-order valence-corrected chi connectivity index (χ0v) is 12.5. The van der Waals surface area contributed by atoms with Crippen LogP contribution in [-0.4, -0.2) is 15.9 Å². The van der Waals surface area contributed by atoms with Crippen molar-refractivity contribution < 1.29 is 9.32 Å². The van der Waals surface area contributed by atoms with Crippen LogP contribution in [0.1, 0.15) is 22.5 Å². The van der Waals surface area contributed by atoms with Crippen LogP contribution in [0.3, 0.4) is 0 Å². The van der Waals surface area contributed by atoms with E-state index in [9.17, 15) is 4.79 Å².